The van der Waals surface area contributed by atoms with Gasteiger partial charge in [-0.1, -0.05) is 25.3 Å². The van der Waals surface area contributed by atoms with Crippen molar-refractivity contribution in [2.45, 2.75) is 25.7 Å². The Labute approximate surface area is 95.3 Å². The molecule has 0 aromatic carbocycles. The first-order valence-electron chi connectivity index (χ1n) is 5.76. The third-order valence-corrected chi connectivity index (χ3v) is 3.07. The summed E-state index contributed by atoms with van der Waals surface area (Å²) in [7, 11) is 0. The van der Waals surface area contributed by atoms with E-state index < -0.39 is 0 Å². The van der Waals surface area contributed by atoms with Crippen molar-refractivity contribution < 1.29 is 4.79 Å². The van der Waals surface area contributed by atoms with Crippen molar-refractivity contribution in [3.63, 3.8) is 0 Å². The smallest absolute Gasteiger partial charge is 0.269 e. The second kappa shape index (κ2) is 4.96. The molecule has 1 saturated carbocycles. The van der Waals surface area contributed by atoms with Gasteiger partial charge in [-0.2, -0.15) is 0 Å². The van der Waals surface area contributed by atoms with Crippen LogP contribution in [0.3, 0.4) is 0 Å². The number of amides is 1. The number of pyridine rings is 1. The number of nitrogens with two attached hydrogens (primary N) is 1. The maximum absolute atomic E-state index is 11.7. The van der Waals surface area contributed by atoms with E-state index in [1.54, 1.807) is 18.2 Å². The van der Waals surface area contributed by atoms with E-state index in [2.05, 4.69) is 10.3 Å². The lowest BCUT2D eigenvalue weighted by Gasteiger charge is -2.25. The molecular weight excluding hydrogens is 202 g/mol. The van der Waals surface area contributed by atoms with Gasteiger partial charge in [-0.3, -0.25) is 4.79 Å². The van der Waals surface area contributed by atoms with Crippen LogP contribution in [-0.4, -0.2) is 17.4 Å². The van der Waals surface area contributed by atoms with E-state index in [0.29, 0.717) is 11.5 Å². The molecule has 0 unspecified atom stereocenters. The standard InChI is InChI=1S/C12H17N3O/c13-11-6-2-5-10(15-11)12(16)14-8-7-9-3-1-4-9/h2,5-6,9H,1,3-4,7-8H2,(H2,13,15)(H,14,16). The zero-order valence-corrected chi connectivity index (χ0v) is 9.28. The van der Waals surface area contributed by atoms with Gasteiger partial charge in [0.15, 0.2) is 0 Å². The van der Waals surface area contributed by atoms with Crippen LogP contribution in [0.4, 0.5) is 5.82 Å². The van der Waals surface area contributed by atoms with E-state index in [1.165, 1.54) is 19.3 Å². The van der Waals surface area contributed by atoms with Crippen LogP contribution < -0.4 is 11.1 Å². The molecule has 0 bridgehead atoms. The average Bonchev–Trinajstić information content (AvgIpc) is 2.21. The number of carbonyl (C=O) groups is 1. The van der Waals surface area contributed by atoms with Gasteiger partial charge in [0.2, 0.25) is 0 Å². The molecule has 4 nitrogen and oxygen atoms in total. The van der Waals surface area contributed by atoms with Gasteiger partial charge in [-0.05, 0) is 24.5 Å². The monoisotopic (exact) mass is 219 g/mol. The fourth-order valence-corrected chi connectivity index (χ4v) is 1.84. The van der Waals surface area contributed by atoms with Gasteiger partial charge in [0.25, 0.3) is 5.91 Å². The number of nitrogens with zero attached hydrogens (tertiary/aromatic N) is 1. The van der Waals surface area contributed by atoms with Crippen molar-refractivity contribution in [2.75, 3.05) is 12.3 Å². The summed E-state index contributed by atoms with van der Waals surface area (Å²) in [5.41, 5.74) is 5.91. The molecule has 1 heterocycles. The van der Waals surface area contributed by atoms with E-state index in [4.69, 9.17) is 5.73 Å². The lowest BCUT2D eigenvalue weighted by molar-refractivity contribution is 0.0944. The Bertz CT molecular complexity index is 374. The first-order chi connectivity index (χ1) is 7.75. The lowest BCUT2D eigenvalue weighted by atomic mass is 9.83. The quantitative estimate of drug-likeness (QED) is 0.808. The Hall–Kier alpha value is -1.58. The fraction of sp³-hybridized carbons (Fsp3) is 0.500. The number of carbonyl (C=O) groups excluding carboxylic acids is 1. The highest BCUT2D eigenvalue weighted by Gasteiger charge is 2.17. The zero-order valence-electron chi connectivity index (χ0n) is 9.28. The van der Waals surface area contributed by atoms with Crippen LogP contribution in [0.2, 0.25) is 0 Å². The Morgan fingerprint density at radius 1 is 1.50 bits per heavy atom. The summed E-state index contributed by atoms with van der Waals surface area (Å²) in [6.45, 7) is 0.736. The van der Waals surface area contributed by atoms with Gasteiger partial charge in [0, 0.05) is 6.54 Å². The summed E-state index contributed by atoms with van der Waals surface area (Å²) in [4.78, 5) is 15.6. The van der Waals surface area contributed by atoms with Gasteiger partial charge in [-0.15, -0.1) is 0 Å². The highest BCUT2D eigenvalue weighted by molar-refractivity contribution is 5.92. The highest BCUT2D eigenvalue weighted by atomic mass is 16.1. The molecule has 1 aromatic rings. The minimum atomic E-state index is -0.133. The molecule has 0 aliphatic heterocycles. The molecule has 4 heteroatoms. The van der Waals surface area contributed by atoms with E-state index >= 15 is 0 Å². The van der Waals surface area contributed by atoms with Crippen molar-refractivity contribution >= 4 is 11.7 Å². The summed E-state index contributed by atoms with van der Waals surface area (Å²) >= 11 is 0. The van der Waals surface area contributed by atoms with E-state index in [9.17, 15) is 4.79 Å². The molecule has 0 radical (unpaired) electrons. The number of aromatic nitrogens is 1. The van der Waals surface area contributed by atoms with Crippen molar-refractivity contribution in [3.8, 4) is 0 Å². The minimum absolute atomic E-state index is 0.133. The Morgan fingerprint density at radius 3 is 2.94 bits per heavy atom. The number of hydrogen-bond donors (Lipinski definition) is 2. The molecule has 1 aromatic heterocycles. The summed E-state index contributed by atoms with van der Waals surface area (Å²) in [6, 6.07) is 5.09. The summed E-state index contributed by atoms with van der Waals surface area (Å²) in [5.74, 6) is 1.06. The van der Waals surface area contributed by atoms with E-state index in [-0.39, 0.29) is 5.91 Å². The predicted molar refractivity (Wildman–Crippen MR) is 62.9 cm³/mol. The van der Waals surface area contributed by atoms with Crippen molar-refractivity contribution in [2.24, 2.45) is 5.92 Å². The van der Waals surface area contributed by atoms with Gasteiger partial charge in [0.05, 0.1) is 0 Å². The Morgan fingerprint density at radius 2 is 2.31 bits per heavy atom. The van der Waals surface area contributed by atoms with Crippen LogP contribution >= 0.6 is 0 Å². The van der Waals surface area contributed by atoms with Gasteiger partial charge in [-0.25, -0.2) is 4.98 Å². The SMILES string of the molecule is Nc1cccc(C(=O)NCCC2CCC2)n1. The van der Waals surface area contributed by atoms with Crippen molar-refractivity contribution in [3.05, 3.63) is 23.9 Å². The van der Waals surface area contributed by atoms with Crippen LogP contribution in [0.1, 0.15) is 36.2 Å². The van der Waals surface area contributed by atoms with Gasteiger partial charge in [0.1, 0.15) is 11.5 Å². The van der Waals surface area contributed by atoms with Crippen LogP contribution in [0.5, 0.6) is 0 Å². The second-order valence-corrected chi connectivity index (χ2v) is 4.29. The zero-order chi connectivity index (χ0) is 11.4. The van der Waals surface area contributed by atoms with E-state index in [1.807, 2.05) is 0 Å². The molecule has 2 rings (SSSR count). The summed E-state index contributed by atoms with van der Waals surface area (Å²) in [6.07, 6.45) is 5.04. The number of nitrogens with one attached hydrogen (secondary N) is 1. The third-order valence-electron chi connectivity index (χ3n) is 3.07. The van der Waals surface area contributed by atoms with Crippen molar-refractivity contribution in [1.29, 1.82) is 0 Å². The second-order valence-electron chi connectivity index (χ2n) is 4.29. The maximum Gasteiger partial charge on any atom is 0.269 e. The number of nitrogen functional groups attached to an aromatic ring is 1. The Kier molecular flexibility index (Phi) is 3.39. The van der Waals surface area contributed by atoms with Crippen LogP contribution in [0, 0.1) is 5.92 Å². The molecule has 1 aliphatic carbocycles. The highest BCUT2D eigenvalue weighted by Crippen LogP contribution is 2.28. The number of hydrogen-bond acceptors (Lipinski definition) is 3. The number of rotatable bonds is 4. The number of anilines is 1. The normalized spacial score (nSPS) is 15.5. The lowest BCUT2D eigenvalue weighted by Crippen LogP contribution is -2.28. The van der Waals surface area contributed by atoms with Crippen LogP contribution in [-0.2, 0) is 0 Å². The maximum atomic E-state index is 11.7. The van der Waals surface area contributed by atoms with Gasteiger partial charge >= 0.3 is 0 Å². The third kappa shape index (κ3) is 2.72. The molecule has 0 spiro atoms. The fourth-order valence-electron chi connectivity index (χ4n) is 1.84. The summed E-state index contributed by atoms with van der Waals surface area (Å²) in [5, 5.41) is 2.87. The van der Waals surface area contributed by atoms with E-state index in [0.717, 1.165) is 18.9 Å². The minimum Gasteiger partial charge on any atom is -0.384 e. The molecular formula is C12H17N3O. The largest absolute Gasteiger partial charge is 0.384 e. The molecule has 86 valence electrons. The predicted octanol–water partition coefficient (Wildman–Crippen LogP) is 1.58. The molecule has 0 saturated heterocycles. The first kappa shape index (κ1) is 10.9. The molecule has 3 N–H and O–H groups in total. The van der Waals surface area contributed by atoms with Crippen molar-refractivity contribution in [1.82, 2.24) is 10.3 Å². The van der Waals surface area contributed by atoms with Crippen LogP contribution in [0.15, 0.2) is 18.2 Å². The topological polar surface area (TPSA) is 68.0 Å². The molecule has 1 aliphatic rings. The Balaban J connectivity index is 1.78. The molecule has 16 heavy (non-hydrogen) atoms. The average molecular weight is 219 g/mol. The first-order valence-corrected chi connectivity index (χ1v) is 5.76. The summed E-state index contributed by atoms with van der Waals surface area (Å²) < 4.78 is 0. The molecule has 0 atom stereocenters. The molecule has 1 amide bonds. The van der Waals surface area contributed by atoms with Gasteiger partial charge < -0.3 is 11.1 Å². The molecule has 1 fully saturated rings. The van der Waals surface area contributed by atoms with Crippen LogP contribution in [0.25, 0.3) is 0 Å².